The molecule has 3 rings (SSSR count). The van der Waals surface area contributed by atoms with E-state index in [1.165, 1.54) is 23.8 Å². The van der Waals surface area contributed by atoms with Crippen LogP contribution < -0.4 is 5.32 Å². The molecule has 0 aromatic heterocycles. The molecule has 0 aromatic rings. The fourth-order valence-corrected chi connectivity index (χ4v) is 4.33. The first kappa shape index (κ1) is 12.2. The standard InChI is InChI=1S/C12H20N2OS2/c1-16-12(2-3-12)8-13-10-14-11(9-17-10)4-6-15-7-5-11/h2-9H2,1H3,(H,13,14). The van der Waals surface area contributed by atoms with Gasteiger partial charge in [0.2, 0.25) is 0 Å². The molecule has 1 aliphatic carbocycles. The second kappa shape index (κ2) is 4.67. The molecule has 2 heterocycles. The lowest BCUT2D eigenvalue weighted by atomic mass is 9.93. The summed E-state index contributed by atoms with van der Waals surface area (Å²) < 4.78 is 5.93. The highest BCUT2D eigenvalue weighted by Gasteiger charge is 2.43. The molecule has 5 heteroatoms. The van der Waals surface area contributed by atoms with Crippen LogP contribution in [-0.2, 0) is 4.74 Å². The molecule has 1 N–H and O–H groups in total. The van der Waals surface area contributed by atoms with Crippen LogP contribution in [0.5, 0.6) is 0 Å². The number of thioether (sulfide) groups is 2. The number of nitrogens with one attached hydrogen (secondary N) is 1. The monoisotopic (exact) mass is 272 g/mol. The van der Waals surface area contributed by atoms with E-state index in [0.717, 1.165) is 32.6 Å². The minimum atomic E-state index is 0.290. The van der Waals surface area contributed by atoms with E-state index in [1.54, 1.807) is 0 Å². The van der Waals surface area contributed by atoms with E-state index >= 15 is 0 Å². The number of ether oxygens (including phenoxy) is 1. The Kier molecular flexibility index (Phi) is 3.34. The smallest absolute Gasteiger partial charge is 0.157 e. The summed E-state index contributed by atoms with van der Waals surface area (Å²) in [5.74, 6) is 1.17. The number of aliphatic imine (C=N–C) groups is 1. The van der Waals surface area contributed by atoms with Crippen molar-refractivity contribution in [2.45, 2.75) is 36.0 Å². The molecule has 0 aromatic carbocycles. The SMILES string of the molecule is CSC1(CN=C2NC3(CCOCC3)CS2)CC1. The molecule has 3 aliphatic rings. The zero-order chi connectivity index (χ0) is 11.8. The highest BCUT2D eigenvalue weighted by molar-refractivity contribution is 8.14. The molecule has 3 fully saturated rings. The molecule has 3 nitrogen and oxygen atoms in total. The number of rotatable bonds is 3. The second-order valence-electron chi connectivity index (χ2n) is 5.31. The van der Waals surface area contributed by atoms with Crippen molar-refractivity contribution in [1.82, 2.24) is 5.32 Å². The number of nitrogens with zero attached hydrogens (tertiary/aromatic N) is 1. The Bertz CT molecular complexity index is 322. The van der Waals surface area contributed by atoms with Crippen molar-refractivity contribution in [2.24, 2.45) is 4.99 Å². The highest BCUT2D eigenvalue weighted by Crippen LogP contribution is 2.47. The summed E-state index contributed by atoms with van der Waals surface area (Å²) in [6.45, 7) is 2.79. The van der Waals surface area contributed by atoms with E-state index in [4.69, 9.17) is 9.73 Å². The molecule has 0 bridgehead atoms. The zero-order valence-corrected chi connectivity index (χ0v) is 12.0. The summed E-state index contributed by atoms with van der Waals surface area (Å²) in [6, 6.07) is 0. The van der Waals surface area contributed by atoms with Gasteiger partial charge in [-0.25, -0.2) is 0 Å². The van der Waals surface area contributed by atoms with E-state index in [0.29, 0.717) is 4.75 Å². The predicted octanol–water partition coefficient (Wildman–Crippen LogP) is 2.12. The maximum absolute atomic E-state index is 5.44. The van der Waals surface area contributed by atoms with Gasteiger partial charge in [0.1, 0.15) is 0 Å². The van der Waals surface area contributed by atoms with Crippen molar-refractivity contribution in [3.05, 3.63) is 0 Å². The van der Waals surface area contributed by atoms with Crippen molar-refractivity contribution in [3.8, 4) is 0 Å². The van der Waals surface area contributed by atoms with Crippen molar-refractivity contribution in [2.75, 3.05) is 31.8 Å². The van der Waals surface area contributed by atoms with Gasteiger partial charge in [0.25, 0.3) is 0 Å². The topological polar surface area (TPSA) is 33.6 Å². The highest BCUT2D eigenvalue weighted by atomic mass is 32.2. The van der Waals surface area contributed by atoms with Gasteiger partial charge in [-0.1, -0.05) is 11.8 Å². The van der Waals surface area contributed by atoms with Gasteiger partial charge in [0.05, 0.1) is 12.1 Å². The molecule has 2 aliphatic heterocycles. The van der Waals surface area contributed by atoms with Gasteiger partial charge in [-0.3, -0.25) is 4.99 Å². The van der Waals surface area contributed by atoms with E-state index in [2.05, 4.69) is 11.6 Å². The van der Waals surface area contributed by atoms with Gasteiger partial charge >= 0.3 is 0 Å². The van der Waals surface area contributed by atoms with Crippen LogP contribution in [0.3, 0.4) is 0 Å². The Morgan fingerprint density at radius 1 is 1.35 bits per heavy atom. The average Bonchev–Trinajstić information content (AvgIpc) is 3.06. The lowest BCUT2D eigenvalue weighted by Gasteiger charge is -2.32. The molecule has 0 unspecified atom stereocenters. The minimum Gasteiger partial charge on any atom is -0.381 e. The Labute approximate surface area is 112 Å². The Hall–Kier alpha value is 0.130. The van der Waals surface area contributed by atoms with Crippen LogP contribution in [0.1, 0.15) is 25.7 Å². The van der Waals surface area contributed by atoms with Crippen molar-refractivity contribution >= 4 is 28.7 Å². The first-order valence-electron chi connectivity index (χ1n) is 6.34. The number of hydrogen-bond donors (Lipinski definition) is 1. The van der Waals surface area contributed by atoms with Crippen molar-refractivity contribution in [1.29, 1.82) is 0 Å². The number of amidine groups is 1. The largest absolute Gasteiger partial charge is 0.381 e. The zero-order valence-electron chi connectivity index (χ0n) is 10.3. The molecule has 1 spiro atoms. The van der Waals surface area contributed by atoms with E-state index < -0.39 is 0 Å². The number of hydrogen-bond acceptors (Lipinski definition) is 4. The third-order valence-corrected chi connectivity index (χ3v) is 6.66. The van der Waals surface area contributed by atoms with Crippen molar-refractivity contribution < 1.29 is 4.74 Å². The van der Waals surface area contributed by atoms with Crippen LogP contribution in [-0.4, -0.2) is 47.2 Å². The fraction of sp³-hybridized carbons (Fsp3) is 0.917. The van der Waals surface area contributed by atoms with E-state index in [1.807, 2.05) is 23.5 Å². The molecule has 0 radical (unpaired) electrons. The normalized spacial score (nSPS) is 31.7. The van der Waals surface area contributed by atoms with Gasteiger partial charge in [-0.15, -0.1) is 0 Å². The fourth-order valence-electron chi connectivity index (χ4n) is 2.40. The van der Waals surface area contributed by atoms with E-state index in [-0.39, 0.29) is 5.54 Å². The average molecular weight is 272 g/mol. The first-order chi connectivity index (χ1) is 8.26. The van der Waals surface area contributed by atoms with Gasteiger partial charge in [-0.2, -0.15) is 11.8 Å². The first-order valence-corrected chi connectivity index (χ1v) is 8.55. The summed E-state index contributed by atoms with van der Waals surface area (Å²) in [5.41, 5.74) is 0.290. The summed E-state index contributed by atoms with van der Waals surface area (Å²) in [4.78, 5) is 4.78. The van der Waals surface area contributed by atoms with Crippen LogP contribution in [0, 0.1) is 0 Å². The van der Waals surface area contributed by atoms with Crippen LogP contribution in [0.25, 0.3) is 0 Å². The molecule has 2 saturated heterocycles. The van der Waals surface area contributed by atoms with Gasteiger partial charge in [0.15, 0.2) is 5.17 Å². The molecule has 0 atom stereocenters. The lowest BCUT2D eigenvalue weighted by molar-refractivity contribution is 0.0555. The molecule has 0 amide bonds. The van der Waals surface area contributed by atoms with Crippen LogP contribution in [0.15, 0.2) is 4.99 Å². The van der Waals surface area contributed by atoms with Crippen LogP contribution in [0.2, 0.25) is 0 Å². The van der Waals surface area contributed by atoms with Gasteiger partial charge in [-0.05, 0) is 31.9 Å². The van der Waals surface area contributed by atoms with Crippen LogP contribution in [0.4, 0.5) is 0 Å². The minimum absolute atomic E-state index is 0.290. The summed E-state index contributed by atoms with van der Waals surface area (Å²) >= 11 is 3.89. The quantitative estimate of drug-likeness (QED) is 0.853. The summed E-state index contributed by atoms with van der Waals surface area (Å²) in [7, 11) is 0. The Morgan fingerprint density at radius 2 is 2.12 bits per heavy atom. The Balaban J connectivity index is 1.57. The third kappa shape index (κ3) is 2.61. The third-order valence-electron chi connectivity index (χ3n) is 4.06. The van der Waals surface area contributed by atoms with Gasteiger partial charge < -0.3 is 10.1 Å². The van der Waals surface area contributed by atoms with Gasteiger partial charge in [0, 0.05) is 23.7 Å². The molecule has 1 saturated carbocycles. The maximum Gasteiger partial charge on any atom is 0.157 e. The Morgan fingerprint density at radius 3 is 2.76 bits per heavy atom. The van der Waals surface area contributed by atoms with Crippen molar-refractivity contribution in [3.63, 3.8) is 0 Å². The van der Waals surface area contributed by atoms with E-state index in [9.17, 15) is 0 Å². The molecule has 96 valence electrons. The summed E-state index contributed by atoms with van der Waals surface area (Å²) in [5, 5.41) is 4.83. The second-order valence-corrected chi connectivity index (χ2v) is 7.55. The molecular formula is C12H20N2OS2. The summed E-state index contributed by atoms with van der Waals surface area (Å²) in [6.07, 6.45) is 7.16. The lowest BCUT2D eigenvalue weighted by Crippen LogP contribution is -2.48. The van der Waals surface area contributed by atoms with Crippen LogP contribution >= 0.6 is 23.5 Å². The molecular weight excluding hydrogens is 252 g/mol. The predicted molar refractivity (Wildman–Crippen MR) is 76.2 cm³/mol. The maximum atomic E-state index is 5.44. The molecule has 17 heavy (non-hydrogen) atoms.